The Kier molecular flexibility index (Phi) is 4.62. The van der Waals surface area contributed by atoms with Gasteiger partial charge in [-0.25, -0.2) is 4.79 Å². The molecule has 2 unspecified atom stereocenters. The predicted octanol–water partition coefficient (Wildman–Crippen LogP) is 1.24. The molecule has 0 aromatic heterocycles. The average Bonchev–Trinajstić information content (AvgIpc) is 2.87. The molecule has 1 aliphatic carbocycles. The maximum Gasteiger partial charge on any atom is 0.347 e. The molecule has 0 radical (unpaired) electrons. The fraction of sp³-hybridized carbons (Fsp3) is 0.714. The van der Waals surface area contributed by atoms with Gasteiger partial charge < -0.3 is 9.47 Å². The van der Waals surface area contributed by atoms with Crippen molar-refractivity contribution in [3.63, 3.8) is 0 Å². The van der Waals surface area contributed by atoms with Crippen molar-refractivity contribution >= 4 is 22.1 Å². The van der Waals surface area contributed by atoms with Gasteiger partial charge >= 0.3 is 11.9 Å². The second-order valence-corrected chi connectivity index (χ2v) is 7.58. The molecule has 1 aliphatic heterocycles. The first kappa shape index (κ1) is 17.0. The van der Waals surface area contributed by atoms with Crippen LogP contribution in [0.1, 0.15) is 39.5 Å². The molecule has 0 amide bonds. The van der Waals surface area contributed by atoms with Gasteiger partial charge in [0, 0.05) is 11.8 Å². The van der Waals surface area contributed by atoms with Crippen LogP contribution in [0.3, 0.4) is 0 Å². The standard InChI is InChI=1S/C14H20O7S/c1-9-10(3-5-14(9,2)8-22(17,18)19)7-12(15)21-11-4-6-20-13(11)16/h11H,3-8H2,1-2H3,(H,17,18,19). The van der Waals surface area contributed by atoms with Gasteiger partial charge in [-0.1, -0.05) is 18.1 Å². The van der Waals surface area contributed by atoms with Gasteiger partial charge in [0.05, 0.1) is 18.8 Å². The summed E-state index contributed by atoms with van der Waals surface area (Å²) in [5, 5.41) is 0. The van der Waals surface area contributed by atoms with Gasteiger partial charge in [0.15, 0.2) is 0 Å². The molecule has 0 aromatic rings. The molecule has 1 saturated heterocycles. The smallest absolute Gasteiger partial charge is 0.347 e. The number of cyclic esters (lactones) is 1. The summed E-state index contributed by atoms with van der Waals surface area (Å²) in [5.41, 5.74) is 0.925. The van der Waals surface area contributed by atoms with Crippen LogP contribution in [0.25, 0.3) is 0 Å². The summed E-state index contributed by atoms with van der Waals surface area (Å²) >= 11 is 0. The van der Waals surface area contributed by atoms with E-state index < -0.39 is 33.6 Å². The molecule has 8 heteroatoms. The fourth-order valence-corrected chi connectivity index (χ4v) is 4.16. The molecular weight excluding hydrogens is 312 g/mol. The maximum atomic E-state index is 11.9. The zero-order chi connectivity index (χ0) is 16.5. The molecule has 2 rings (SSSR count). The van der Waals surface area contributed by atoms with Crippen molar-refractivity contribution in [3.05, 3.63) is 11.1 Å². The van der Waals surface area contributed by atoms with Crippen LogP contribution >= 0.6 is 0 Å². The highest BCUT2D eigenvalue weighted by Crippen LogP contribution is 2.44. The van der Waals surface area contributed by atoms with Gasteiger partial charge in [-0.2, -0.15) is 8.42 Å². The van der Waals surface area contributed by atoms with Crippen molar-refractivity contribution in [2.45, 2.75) is 45.6 Å². The van der Waals surface area contributed by atoms with Gasteiger partial charge in [0.25, 0.3) is 10.1 Å². The molecule has 0 bridgehead atoms. The Labute approximate surface area is 129 Å². The Bertz CT molecular complexity index is 619. The third-order valence-electron chi connectivity index (χ3n) is 4.43. The van der Waals surface area contributed by atoms with Crippen LogP contribution in [0, 0.1) is 5.41 Å². The SMILES string of the molecule is CC1=C(CC(=O)OC2CCOC2=O)CCC1(C)CS(=O)(=O)O. The molecule has 124 valence electrons. The van der Waals surface area contributed by atoms with Gasteiger partial charge in [0.2, 0.25) is 6.10 Å². The Hall–Kier alpha value is -1.41. The minimum Gasteiger partial charge on any atom is -0.463 e. The van der Waals surface area contributed by atoms with E-state index in [2.05, 4.69) is 0 Å². The number of carbonyl (C=O) groups excluding carboxylic acids is 2. The number of carbonyl (C=O) groups is 2. The number of ether oxygens (including phenoxy) is 2. The van der Waals surface area contributed by atoms with E-state index in [1.54, 1.807) is 13.8 Å². The van der Waals surface area contributed by atoms with E-state index in [0.717, 1.165) is 11.1 Å². The zero-order valence-corrected chi connectivity index (χ0v) is 13.4. The van der Waals surface area contributed by atoms with Crippen LogP contribution < -0.4 is 0 Å². The molecule has 0 saturated carbocycles. The second-order valence-electron chi connectivity index (χ2n) is 6.13. The minimum atomic E-state index is -4.09. The molecule has 1 N–H and O–H groups in total. The summed E-state index contributed by atoms with van der Waals surface area (Å²) in [4.78, 5) is 23.2. The van der Waals surface area contributed by atoms with E-state index in [-0.39, 0.29) is 18.8 Å². The molecule has 0 spiro atoms. The normalized spacial score (nSPS) is 28.9. The fourth-order valence-electron chi connectivity index (χ4n) is 2.99. The second kappa shape index (κ2) is 6.00. The van der Waals surface area contributed by atoms with Crippen LogP contribution in [0.4, 0.5) is 0 Å². The summed E-state index contributed by atoms with van der Waals surface area (Å²) in [5.74, 6) is -1.41. The van der Waals surface area contributed by atoms with E-state index in [0.29, 0.717) is 19.3 Å². The van der Waals surface area contributed by atoms with Crippen molar-refractivity contribution in [2.75, 3.05) is 12.4 Å². The minimum absolute atomic E-state index is 0.0245. The lowest BCUT2D eigenvalue weighted by molar-refractivity contribution is -0.159. The lowest BCUT2D eigenvalue weighted by atomic mass is 9.86. The van der Waals surface area contributed by atoms with E-state index in [4.69, 9.17) is 14.0 Å². The van der Waals surface area contributed by atoms with Gasteiger partial charge in [-0.05, 0) is 19.8 Å². The number of rotatable bonds is 5. The van der Waals surface area contributed by atoms with E-state index >= 15 is 0 Å². The van der Waals surface area contributed by atoms with Crippen LogP contribution in [-0.2, 0) is 29.2 Å². The first-order valence-electron chi connectivity index (χ1n) is 7.11. The number of esters is 2. The number of hydrogen-bond donors (Lipinski definition) is 1. The zero-order valence-electron chi connectivity index (χ0n) is 12.6. The van der Waals surface area contributed by atoms with Crippen LogP contribution in [0.5, 0.6) is 0 Å². The highest BCUT2D eigenvalue weighted by Gasteiger charge is 2.38. The quantitative estimate of drug-likeness (QED) is 0.458. The Morgan fingerprint density at radius 2 is 2.18 bits per heavy atom. The molecule has 7 nitrogen and oxygen atoms in total. The van der Waals surface area contributed by atoms with Gasteiger partial charge in [-0.3, -0.25) is 9.35 Å². The summed E-state index contributed by atoms with van der Waals surface area (Å²) in [6.45, 7) is 3.78. The number of hydrogen-bond acceptors (Lipinski definition) is 6. The van der Waals surface area contributed by atoms with Gasteiger partial charge in [-0.15, -0.1) is 0 Å². The molecule has 0 aromatic carbocycles. The maximum absolute atomic E-state index is 11.9. The Morgan fingerprint density at radius 1 is 1.50 bits per heavy atom. The lowest BCUT2D eigenvalue weighted by Crippen LogP contribution is -2.26. The Balaban J connectivity index is 2.01. The molecule has 2 aliphatic rings. The van der Waals surface area contributed by atoms with Crippen LogP contribution in [0.15, 0.2) is 11.1 Å². The van der Waals surface area contributed by atoms with Crippen LogP contribution in [-0.4, -0.2) is 43.4 Å². The van der Waals surface area contributed by atoms with E-state index in [1.807, 2.05) is 0 Å². The summed E-state index contributed by atoms with van der Waals surface area (Å²) in [6, 6.07) is 0. The largest absolute Gasteiger partial charge is 0.463 e. The predicted molar refractivity (Wildman–Crippen MR) is 76.5 cm³/mol. The summed E-state index contributed by atoms with van der Waals surface area (Å²) in [6.07, 6.45) is 0.674. The molecule has 1 heterocycles. The topological polar surface area (TPSA) is 107 Å². The first-order valence-corrected chi connectivity index (χ1v) is 8.72. The molecule has 1 fully saturated rings. The van der Waals surface area contributed by atoms with E-state index in [1.165, 1.54) is 0 Å². The Morgan fingerprint density at radius 3 is 2.73 bits per heavy atom. The average molecular weight is 332 g/mol. The number of allylic oxidation sites excluding steroid dienone is 1. The van der Waals surface area contributed by atoms with Crippen molar-refractivity contribution in [3.8, 4) is 0 Å². The first-order chi connectivity index (χ1) is 10.1. The summed E-state index contributed by atoms with van der Waals surface area (Å²) in [7, 11) is -4.09. The lowest BCUT2D eigenvalue weighted by Gasteiger charge is -2.24. The van der Waals surface area contributed by atoms with Crippen LogP contribution in [0.2, 0.25) is 0 Å². The van der Waals surface area contributed by atoms with Crippen molar-refractivity contribution in [2.24, 2.45) is 5.41 Å². The third kappa shape index (κ3) is 3.86. The molecule has 2 atom stereocenters. The highest BCUT2D eigenvalue weighted by molar-refractivity contribution is 7.85. The van der Waals surface area contributed by atoms with Crippen molar-refractivity contribution in [1.29, 1.82) is 0 Å². The molecule has 22 heavy (non-hydrogen) atoms. The van der Waals surface area contributed by atoms with Crippen molar-refractivity contribution in [1.82, 2.24) is 0 Å². The monoisotopic (exact) mass is 332 g/mol. The highest BCUT2D eigenvalue weighted by atomic mass is 32.2. The van der Waals surface area contributed by atoms with Crippen molar-refractivity contribution < 1.29 is 32.0 Å². The third-order valence-corrected chi connectivity index (χ3v) is 5.44. The van der Waals surface area contributed by atoms with E-state index in [9.17, 15) is 18.0 Å². The van der Waals surface area contributed by atoms with Gasteiger partial charge in [0.1, 0.15) is 0 Å². The summed E-state index contributed by atoms with van der Waals surface area (Å²) < 4.78 is 41.1. The molecular formula is C14H20O7S.